The van der Waals surface area contributed by atoms with E-state index in [0.717, 1.165) is 16.7 Å². The third-order valence-corrected chi connectivity index (χ3v) is 4.32. The summed E-state index contributed by atoms with van der Waals surface area (Å²) >= 11 is 12.6. The van der Waals surface area contributed by atoms with Crippen LogP contribution in [-0.4, -0.2) is 16.1 Å². The van der Waals surface area contributed by atoms with E-state index < -0.39 is 5.97 Å². The lowest BCUT2D eigenvalue weighted by atomic mass is 10.1. The first-order valence-electron chi connectivity index (χ1n) is 7.29. The van der Waals surface area contributed by atoms with Crippen LogP contribution < -0.4 is 4.74 Å². The van der Waals surface area contributed by atoms with Crippen LogP contribution in [0.5, 0.6) is 5.75 Å². The normalized spacial score (nSPS) is 11.0. The van der Waals surface area contributed by atoms with Gasteiger partial charge in [0.15, 0.2) is 5.75 Å². The van der Waals surface area contributed by atoms with E-state index in [1.54, 1.807) is 6.07 Å². The number of aromatic amines is 1. The molecule has 0 bridgehead atoms. The van der Waals surface area contributed by atoms with Crippen LogP contribution in [0.15, 0.2) is 30.3 Å². The number of benzene rings is 2. The number of H-pyrrole nitrogens is 1. The molecule has 0 aliphatic rings. The summed E-state index contributed by atoms with van der Waals surface area (Å²) in [7, 11) is 0. The molecular weight excluding hydrogens is 349 g/mol. The molecular formula is C18H15Cl2NO3. The molecule has 0 saturated carbocycles. The van der Waals surface area contributed by atoms with Gasteiger partial charge < -0.3 is 14.8 Å². The molecule has 3 aromatic rings. The Kier molecular flexibility index (Phi) is 4.43. The highest BCUT2D eigenvalue weighted by molar-refractivity contribution is 6.41. The van der Waals surface area contributed by atoms with Gasteiger partial charge in [-0.05, 0) is 31.5 Å². The van der Waals surface area contributed by atoms with E-state index in [4.69, 9.17) is 33.0 Å². The molecule has 3 rings (SSSR count). The van der Waals surface area contributed by atoms with Crippen LogP contribution in [0.3, 0.4) is 0 Å². The number of aromatic nitrogens is 1. The summed E-state index contributed by atoms with van der Waals surface area (Å²) in [5.74, 6) is -0.711. The van der Waals surface area contributed by atoms with Gasteiger partial charge in [-0.1, -0.05) is 52.5 Å². The van der Waals surface area contributed by atoms with Gasteiger partial charge in [-0.3, -0.25) is 0 Å². The lowest BCUT2D eigenvalue weighted by molar-refractivity contribution is 0.0691. The first-order valence-corrected chi connectivity index (χ1v) is 8.04. The molecule has 0 radical (unpaired) electrons. The van der Waals surface area contributed by atoms with Gasteiger partial charge in [-0.25, -0.2) is 4.79 Å². The number of carboxylic acids is 1. The van der Waals surface area contributed by atoms with Gasteiger partial charge in [-0.2, -0.15) is 0 Å². The Morgan fingerprint density at radius 2 is 1.79 bits per heavy atom. The molecule has 0 saturated heterocycles. The van der Waals surface area contributed by atoms with E-state index in [1.165, 1.54) is 6.07 Å². The number of carboxylic acid groups (broad SMARTS) is 1. The highest BCUT2D eigenvalue weighted by atomic mass is 35.5. The molecule has 0 fully saturated rings. The zero-order chi connectivity index (χ0) is 17.4. The standard InChI is InChI=1S/C18H15Cl2NO3/c1-9-3-10(2)5-11(4-9)8-24-17-13(19)7-14-12(16(17)20)6-15(21-14)18(22)23/h3-7,21H,8H2,1-2H3,(H,22,23). The third kappa shape index (κ3) is 3.21. The van der Waals surface area contributed by atoms with Gasteiger partial charge in [0, 0.05) is 10.9 Å². The maximum atomic E-state index is 11.1. The molecule has 1 heterocycles. The number of hydrogen-bond donors (Lipinski definition) is 2. The molecule has 124 valence electrons. The Morgan fingerprint density at radius 1 is 1.12 bits per heavy atom. The van der Waals surface area contributed by atoms with E-state index in [2.05, 4.69) is 11.1 Å². The molecule has 0 amide bonds. The first kappa shape index (κ1) is 16.7. The Hall–Kier alpha value is -2.17. The average Bonchev–Trinajstić information content (AvgIpc) is 2.90. The van der Waals surface area contributed by atoms with Crippen molar-refractivity contribution in [2.24, 2.45) is 0 Å². The summed E-state index contributed by atoms with van der Waals surface area (Å²) in [6.45, 7) is 4.37. The van der Waals surface area contributed by atoms with Crippen molar-refractivity contribution in [3.63, 3.8) is 0 Å². The minimum Gasteiger partial charge on any atom is -0.486 e. The second kappa shape index (κ2) is 6.38. The lowest BCUT2D eigenvalue weighted by Gasteiger charge is -2.12. The number of ether oxygens (including phenoxy) is 1. The molecule has 4 nitrogen and oxygen atoms in total. The van der Waals surface area contributed by atoms with E-state index in [1.807, 2.05) is 26.0 Å². The topological polar surface area (TPSA) is 62.3 Å². The van der Waals surface area contributed by atoms with Crippen LogP contribution >= 0.6 is 23.2 Å². The molecule has 2 aromatic carbocycles. The Morgan fingerprint density at radius 3 is 2.42 bits per heavy atom. The summed E-state index contributed by atoms with van der Waals surface area (Å²) in [5.41, 5.74) is 3.92. The number of hydrogen-bond acceptors (Lipinski definition) is 2. The molecule has 0 spiro atoms. The summed E-state index contributed by atoms with van der Waals surface area (Å²) in [6.07, 6.45) is 0. The molecule has 0 atom stereocenters. The fourth-order valence-electron chi connectivity index (χ4n) is 2.74. The van der Waals surface area contributed by atoms with E-state index >= 15 is 0 Å². The SMILES string of the molecule is Cc1cc(C)cc(COc2c(Cl)cc3[nH]c(C(=O)O)cc3c2Cl)c1. The highest BCUT2D eigenvalue weighted by Crippen LogP contribution is 2.40. The molecule has 0 unspecified atom stereocenters. The van der Waals surface area contributed by atoms with Crippen molar-refractivity contribution in [1.29, 1.82) is 0 Å². The van der Waals surface area contributed by atoms with Crippen LogP contribution in [0.4, 0.5) is 0 Å². The zero-order valence-corrected chi connectivity index (χ0v) is 14.6. The summed E-state index contributed by atoms with van der Waals surface area (Å²) in [6, 6.07) is 9.24. The van der Waals surface area contributed by atoms with Crippen molar-refractivity contribution in [2.45, 2.75) is 20.5 Å². The molecule has 2 N–H and O–H groups in total. The van der Waals surface area contributed by atoms with E-state index in [0.29, 0.717) is 33.3 Å². The zero-order valence-electron chi connectivity index (χ0n) is 13.1. The maximum Gasteiger partial charge on any atom is 0.352 e. The summed E-state index contributed by atoms with van der Waals surface area (Å²) in [5, 5.41) is 10.3. The summed E-state index contributed by atoms with van der Waals surface area (Å²) in [4.78, 5) is 13.9. The van der Waals surface area contributed by atoms with Gasteiger partial charge in [0.05, 0.1) is 10.0 Å². The number of halogens is 2. The fraction of sp³-hybridized carbons (Fsp3) is 0.167. The predicted octanol–water partition coefficient (Wildman–Crippen LogP) is 5.37. The molecule has 1 aromatic heterocycles. The van der Waals surface area contributed by atoms with Crippen molar-refractivity contribution >= 4 is 40.1 Å². The number of carbonyl (C=O) groups is 1. The van der Waals surface area contributed by atoms with Gasteiger partial charge in [0.25, 0.3) is 0 Å². The van der Waals surface area contributed by atoms with Crippen LogP contribution in [-0.2, 0) is 6.61 Å². The quantitative estimate of drug-likeness (QED) is 0.654. The van der Waals surface area contributed by atoms with E-state index in [9.17, 15) is 4.79 Å². The minimum atomic E-state index is -1.06. The number of aromatic carboxylic acids is 1. The Labute approximate surface area is 149 Å². The van der Waals surface area contributed by atoms with Crippen molar-refractivity contribution in [3.05, 3.63) is 62.8 Å². The van der Waals surface area contributed by atoms with Gasteiger partial charge in [-0.15, -0.1) is 0 Å². The largest absolute Gasteiger partial charge is 0.486 e. The first-order chi connectivity index (χ1) is 11.3. The Balaban J connectivity index is 1.95. The van der Waals surface area contributed by atoms with Gasteiger partial charge in [0.1, 0.15) is 12.3 Å². The average molecular weight is 364 g/mol. The van der Waals surface area contributed by atoms with Crippen molar-refractivity contribution in [2.75, 3.05) is 0 Å². The number of nitrogens with one attached hydrogen (secondary N) is 1. The van der Waals surface area contributed by atoms with Crippen molar-refractivity contribution in [3.8, 4) is 5.75 Å². The number of fused-ring (bicyclic) bond motifs is 1. The molecule has 6 heteroatoms. The lowest BCUT2D eigenvalue weighted by Crippen LogP contribution is -1.98. The van der Waals surface area contributed by atoms with Crippen LogP contribution in [0.1, 0.15) is 27.2 Å². The van der Waals surface area contributed by atoms with E-state index in [-0.39, 0.29) is 5.69 Å². The van der Waals surface area contributed by atoms with Crippen molar-refractivity contribution < 1.29 is 14.6 Å². The number of rotatable bonds is 4. The fourth-order valence-corrected chi connectivity index (χ4v) is 3.36. The molecule has 24 heavy (non-hydrogen) atoms. The molecule has 0 aliphatic carbocycles. The van der Waals surface area contributed by atoms with Gasteiger partial charge >= 0.3 is 5.97 Å². The van der Waals surface area contributed by atoms with Crippen molar-refractivity contribution in [1.82, 2.24) is 4.98 Å². The highest BCUT2D eigenvalue weighted by Gasteiger charge is 2.17. The second-order valence-corrected chi connectivity index (χ2v) is 6.52. The molecule has 0 aliphatic heterocycles. The van der Waals surface area contributed by atoms with Crippen LogP contribution in [0.25, 0.3) is 10.9 Å². The third-order valence-electron chi connectivity index (χ3n) is 3.67. The minimum absolute atomic E-state index is 0.0504. The van der Waals surface area contributed by atoms with Crippen LogP contribution in [0, 0.1) is 13.8 Å². The monoisotopic (exact) mass is 363 g/mol. The Bertz CT molecular complexity index is 927. The van der Waals surface area contributed by atoms with Gasteiger partial charge in [0.2, 0.25) is 0 Å². The maximum absolute atomic E-state index is 11.1. The summed E-state index contributed by atoms with van der Waals surface area (Å²) < 4.78 is 5.82. The smallest absolute Gasteiger partial charge is 0.352 e. The number of aryl methyl sites for hydroxylation is 2. The second-order valence-electron chi connectivity index (χ2n) is 5.74. The predicted molar refractivity (Wildman–Crippen MR) is 95.5 cm³/mol. The van der Waals surface area contributed by atoms with Crippen LogP contribution in [0.2, 0.25) is 10.0 Å².